The predicted octanol–water partition coefficient (Wildman–Crippen LogP) is 0.563. The summed E-state index contributed by atoms with van der Waals surface area (Å²) in [6.07, 6.45) is -1.24. The van der Waals surface area contributed by atoms with Crippen molar-refractivity contribution >= 4 is 66.7 Å². The standard InChI is InChI=1S/C30H24Br2N2O7.Na/c31-21-10-5-16(15-22(21)32)25-23(28(37)33-17-6-8-18(9-7-17)34-11-13-40-14-12-34)24(29(38)39)30(41-25)26(35)19-3-1-2-4-20(19)27(30)36;/h1-10,15,23-25H,11-14H2,(H,33,37)(H,38,39);/q;+1/p-1/t23-,24-,25-;/m0./s1. The van der Waals surface area contributed by atoms with Gasteiger partial charge in [0, 0.05) is 50.5 Å². The fourth-order valence-electron chi connectivity index (χ4n) is 5.92. The maximum absolute atomic E-state index is 13.9. The smallest absolute Gasteiger partial charge is 0.550 e. The van der Waals surface area contributed by atoms with Crippen molar-refractivity contribution in [2.75, 3.05) is 36.5 Å². The van der Waals surface area contributed by atoms with Crippen molar-refractivity contribution in [3.63, 3.8) is 0 Å². The van der Waals surface area contributed by atoms with E-state index in [1.54, 1.807) is 42.5 Å². The molecule has 6 rings (SSSR count). The molecule has 3 aliphatic rings. The SMILES string of the molecule is O=C(Nc1ccc(N2CCOCC2)cc1)[C@H]1[C@@H](C(=O)[O-])C2(O[C@H]1c1ccc(Br)c(Br)c1)C(=O)c1ccccc1C2=O.[Na+]. The molecule has 12 heteroatoms. The molecule has 0 bridgehead atoms. The Labute approximate surface area is 280 Å². The first-order chi connectivity index (χ1) is 19.7. The number of benzene rings is 3. The number of aliphatic carboxylic acids is 1. The van der Waals surface area contributed by atoms with Gasteiger partial charge in [0.1, 0.15) is 0 Å². The molecule has 0 radical (unpaired) electrons. The molecule has 42 heavy (non-hydrogen) atoms. The largest absolute Gasteiger partial charge is 1.00 e. The molecule has 210 valence electrons. The number of nitrogens with one attached hydrogen (secondary N) is 1. The van der Waals surface area contributed by atoms with Crippen LogP contribution in [0.3, 0.4) is 0 Å². The van der Waals surface area contributed by atoms with Gasteiger partial charge in [0.2, 0.25) is 23.1 Å². The van der Waals surface area contributed by atoms with E-state index in [2.05, 4.69) is 42.1 Å². The number of morpholine rings is 1. The number of carboxylic acids is 1. The van der Waals surface area contributed by atoms with Crippen LogP contribution in [0.25, 0.3) is 0 Å². The summed E-state index contributed by atoms with van der Waals surface area (Å²) in [6, 6.07) is 18.2. The number of anilines is 2. The zero-order valence-electron chi connectivity index (χ0n) is 22.5. The van der Waals surface area contributed by atoms with Gasteiger partial charge >= 0.3 is 29.6 Å². The first-order valence-electron chi connectivity index (χ1n) is 13.0. The first kappa shape index (κ1) is 31.1. The van der Waals surface area contributed by atoms with Crippen molar-refractivity contribution < 1.29 is 63.3 Å². The van der Waals surface area contributed by atoms with Crippen LogP contribution in [0.4, 0.5) is 11.4 Å². The summed E-state index contributed by atoms with van der Waals surface area (Å²) in [5.41, 5.74) is -0.525. The van der Waals surface area contributed by atoms with Crippen LogP contribution < -0.4 is 44.9 Å². The molecule has 0 saturated carbocycles. The Kier molecular flexibility index (Phi) is 9.11. The Balaban J connectivity index is 0.00000353. The molecule has 1 amide bonds. The van der Waals surface area contributed by atoms with Crippen LogP contribution >= 0.6 is 31.9 Å². The molecule has 2 fully saturated rings. The minimum Gasteiger partial charge on any atom is -0.550 e. The van der Waals surface area contributed by atoms with Gasteiger partial charge in [-0.3, -0.25) is 14.4 Å². The molecular weight excluding hydrogens is 683 g/mol. The van der Waals surface area contributed by atoms with E-state index >= 15 is 0 Å². The van der Waals surface area contributed by atoms with E-state index in [0.717, 1.165) is 18.8 Å². The number of hydrogen-bond acceptors (Lipinski definition) is 8. The average Bonchev–Trinajstić information content (AvgIpc) is 3.45. The number of ketones is 2. The van der Waals surface area contributed by atoms with Gasteiger partial charge in [0.05, 0.1) is 31.2 Å². The van der Waals surface area contributed by atoms with Crippen LogP contribution in [0.2, 0.25) is 0 Å². The second-order valence-electron chi connectivity index (χ2n) is 10.1. The van der Waals surface area contributed by atoms with Crippen molar-refractivity contribution in [2.24, 2.45) is 11.8 Å². The van der Waals surface area contributed by atoms with E-state index in [9.17, 15) is 24.3 Å². The van der Waals surface area contributed by atoms with Crippen molar-refractivity contribution in [1.29, 1.82) is 0 Å². The summed E-state index contributed by atoms with van der Waals surface area (Å²) in [5.74, 6) is -7.36. The zero-order valence-corrected chi connectivity index (χ0v) is 27.6. The second kappa shape index (κ2) is 12.3. The molecule has 2 aliphatic heterocycles. The van der Waals surface area contributed by atoms with E-state index in [1.165, 1.54) is 12.1 Å². The molecule has 1 spiro atoms. The Morgan fingerprint density at radius 2 is 1.52 bits per heavy atom. The third-order valence-corrected chi connectivity index (χ3v) is 9.75. The molecule has 1 N–H and O–H groups in total. The molecular formula is C30H23Br2N2NaO7. The first-order valence-corrected chi connectivity index (χ1v) is 14.6. The van der Waals surface area contributed by atoms with Gasteiger partial charge in [-0.05, 0) is 73.8 Å². The maximum Gasteiger partial charge on any atom is 1.00 e. The zero-order chi connectivity index (χ0) is 28.9. The van der Waals surface area contributed by atoms with Crippen LogP contribution in [-0.4, -0.2) is 55.3 Å². The van der Waals surface area contributed by atoms with Gasteiger partial charge in [-0.2, -0.15) is 0 Å². The van der Waals surface area contributed by atoms with Crippen molar-refractivity contribution in [3.8, 4) is 0 Å². The van der Waals surface area contributed by atoms with E-state index in [-0.39, 0.29) is 40.7 Å². The molecule has 2 heterocycles. The molecule has 3 atom stereocenters. The average molecular weight is 706 g/mol. The molecule has 3 aromatic rings. The fraction of sp³-hybridized carbons (Fsp3) is 0.267. The minimum absolute atomic E-state index is 0. The monoisotopic (exact) mass is 704 g/mol. The normalized spacial score (nSPS) is 22.5. The van der Waals surface area contributed by atoms with Crippen LogP contribution in [0, 0.1) is 11.8 Å². The number of ether oxygens (including phenoxy) is 2. The van der Waals surface area contributed by atoms with Gasteiger partial charge in [-0.25, -0.2) is 0 Å². The van der Waals surface area contributed by atoms with E-state index in [0.29, 0.717) is 33.4 Å². The second-order valence-corrected chi connectivity index (χ2v) is 11.8. The van der Waals surface area contributed by atoms with Gasteiger partial charge in [-0.1, -0.05) is 30.3 Å². The summed E-state index contributed by atoms with van der Waals surface area (Å²) >= 11 is 6.84. The number of carbonyl (C=O) groups excluding carboxylic acids is 4. The van der Waals surface area contributed by atoms with Gasteiger partial charge in [0.15, 0.2) is 0 Å². The van der Waals surface area contributed by atoms with Crippen LogP contribution in [0.5, 0.6) is 0 Å². The number of fused-ring (bicyclic) bond motifs is 1. The number of rotatable bonds is 5. The number of carboxylic acid groups (broad SMARTS) is 1. The number of carbonyl (C=O) groups is 4. The topological polar surface area (TPSA) is 125 Å². The molecule has 0 unspecified atom stereocenters. The number of Topliss-reactive ketones (excluding diaryl/α,β-unsaturated/α-hetero) is 2. The van der Waals surface area contributed by atoms with Crippen molar-refractivity contribution in [2.45, 2.75) is 11.7 Å². The third-order valence-electron chi connectivity index (χ3n) is 7.87. The van der Waals surface area contributed by atoms with E-state index in [4.69, 9.17) is 9.47 Å². The van der Waals surface area contributed by atoms with Crippen LogP contribution in [-0.2, 0) is 19.1 Å². The number of halogens is 2. The fourth-order valence-corrected chi connectivity index (χ4v) is 6.56. The molecule has 9 nitrogen and oxygen atoms in total. The molecule has 1 aliphatic carbocycles. The third kappa shape index (κ3) is 5.19. The minimum atomic E-state index is -2.44. The maximum atomic E-state index is 13.9. The predicted molar refractivity (Wildman–Crippen MR) is 154 cm³/mol. The number of amides is 1. The Bertz CT molecular complexity index is 1540. The van der Waals surface area contributed by atoms with Crippen LogP contribution in [0.15, 0.2) is 75.7 Å². The van der Waals surface area contributed by atoms with Crippen molar-refractivity contribution in [1.82, 2.24) is 0 Å². The summed E-state index contributed by atoms with van der Waals surface area (Å²) in [7, 11) is 0. The van der Waals surface area contributed by atoms with Crippen LogP contribution in [0.1, 0.15) is 32.4 Å². The molecule has 2 saturated heterocycles. The Morgan fingerprint density at radius 3 is 2.10 bits per heavy atom. The van der Waals surface area contributed by atoms with E-state index < -0.39 is 47.0 Å². The Morgan fingerprint density at radius 1 is 0.905 bits per heavy atom. The van der Waals surface area contributed by atoms with Gasteiger partial charge < -0.3 is 29.6 Å². The summed E-state index contributed by atoms with van der Waals surface area (Å²) in [5, 5.41) is 15.6. The number of nitrogens with zero attached hydrogens (tertiary/aromatic N) is 1. The molecule has 0 aromatic heterocycles. The summed E-state index contributed by atoms with van der Waals surface area (Å²) in [4.78, 5) is 56.4. The number of hydrogen-bond donors (Lipinski definition) is 1. The summed E-state index contributed by atoms with van der Waals surface area (Å²) < 4.78 is 12.9. The Hall–Kier alpha value is -2.38. The quantitative estimate of drug-likeness (QED) is 0.302. The van der Waals surface area contributed by atoms with Gasteiger partial charge in [-0.15, -0.1) is 0 Å². The molecule has 3 aromatic carbocycles. The van der Waals surface area contributed by atoms with Crippen molar-refractivity contribution in [3.05, 3.63) is 92.4 Å². The van der Waals surface area contributed by atoms with E-state index in [1.807, 2.05) is 12.1 Å². The summed E-state index contributed by atoms with van der Waals surface area (Å²) in [6.45, 7) is 2.74. The van der Waals surface area contributed by atoms with Gasteiger partial charge in [0.25, 0.3) is 0 Å².